The van der Waals surface area contributed by atoms with Gasteiger partial charge in [0, 0.05) is 11.1 Å². The lowest BCUT2D eigenvalue weighted by Gasteiger charge is -2.33. The van der Waals surface area contributed by atoms with E-state index in [1.165, 1.54) is 0 Å². The molecule has 0 bridgehead atoms. The largest absolute Gasteiger partial charge is 0.497 e. The molecule has 2 aromatic carbocycles. The van der Waals surface area contributed by atoms with Crippen LogP contribution < -0.4 is 4.74 Å². The fourth-order valence-electron chi connectivity index (χ4n) is 3.69. The number of ketones is 2. The van der Waals surface area contributed by atoms with Gasteiger partial charge in [-0.2, -0.15) is 0 Å². The third kappa shape index (κ3) is 2.98. The predicted molar refractivity (Wildman–Crippen MR) is 97.2 cm³/mol. The summed E-state index contributed by atoms with van der Waals surface area (Å²) in [6.07, 6.45) is 0. The van der Waals surface area contributed by atoms with Crippen molar-refractivity contribution in [2.45, 2.75) is 19.9 Å². The Kier molecular flexibility index (Phi) is 5.00. The Morgan fingerprint density at radius 1 is 0.920 bits per heavy atom. The van der Waals surface area contributed by atoms with Crippen molar-refractivity contribution in [1.29, 1.82) is 0 Å². The number of fused-ring (bicyclic) bond motifs is 1. The second-order valence-corrected chi connectivity index (χ2v) is 6.19. The van der Waals surface area contributed by atoms with Crippen LogP contribution in [0.15, 0.2) is 48.5 Å². The highest BCUT2D eigenvalue weighted by Crippen LogP contribution is 2.39. The average Bonchev–Trinajstić information content (AvgIpc) is 2.91. The lowest BCUT2D eigenvalue weighted by Crippen LogP contribution is -2.38. The van der Waals surface area contributed by atoms with Gasteiger partial charge in [-0.15, -0.1) is 0 Å². The van der Waals surface area contributed by atoms with Gasteiger partial charge in [-0.1, -0.05) is 50.2 Å². The maximum absolute atomic E-state index is 13.0. The molecule has 1 aliphatic carbocycles. The Hall–Kier alpha value is -2.46. The maximum Gasteiger partial charge on any atom is 0.176 e. The number of rotatable bonds is 6. The molecule has 0 amide bonds. The third-order valence-electron chi connectivity index (χ3n) is 5.00. The fourth-order valence-corrected chi connectivity index (χ4v) is 3.69. The highest BCUT2D eigenvalue weighted by Gasteiger charge is 2.45. The van der Waals surface area contributed by atoms with Crippen LogP contribution in [0, 0.1) is 5.92 Å². The van der Waals surface area contributed by atoms with Crippen LogP contribution in [0.3, 0.4) is 0 Å². The molecule has 3 rings (SSSR count). The van der Waals surface area contributed by atoms with E-state index in [4.69, 9.17) is 4.74 Å². The minimum absolute atomic E-state index is 0.0756. The van der Waals surface area contributed by atoms with Crippen molar-refractivity contribution >= 4 is 11.6 Å². The molecule has 0 aliphatic heterocycles. The van der Waals surface area contributed by atoms with Gasteiger partial charge in [-0.25, -0.2) is 0 Å². The van der Waals surface area contributed by atoms with Crippen LogP contribution in [0.4, 0.5) is 0 Å². The van der Waals surface area contributed by atoms with Crippen molar-refractivity contribution < 1.29 is 14.3 Å². The smallest absolute Gasteiger partial charge is 0.176 e. The van der Waals surface area contributed by atoms with Gasteiger partial charge < -0.3 is 4.74 Å². The van der Waals surface area contributed by atoms with Crippen molar-refractivity contribution in [1.82, 2.24) is 4.90 Å². The van der Waals surface area contributed by atoms with Gasteiger partial charge in [0.05, 0.1) is 13.2 Å². The summed E-state index contributed by atoms with van der Waals surface area (Å²) >= 11 is 0. The van der Waals surface area contributed by atoms with Crippen LogP contribution in [0.25, 0.3) is 0 Å². The van der Waals surface area contributed by atoms with Crippen molar-refractivity contribution in [2.75, 3.05) is 20.2 Å². The minimum atomic E-state index is -0.689. The molecule has 1 atom stereocenters. The predicted octanol–water partition coefficient (Wildman–Crippen LogP) is 3.77. The van der Waals surface area contributed by atoms with Crippen LogP contribution in [0.2, 0.25) is 0 Å². The molecule has 130 valence electrons. The SMILES string of the molecule is CCN(CC)C(c1ccc(OC)cc1)C1C(=O)c2ccccc2C1=O. The van der Waals surface area contributed by atoms with E-state index in [2.05, 4.69) is 18.7 Å². The quantitative estimate of drug-likeness (QED) is 0.753. The number of carbonyl (C=O) groups excluding carboxylic acids is 2. The van der Waals surface area contributed by atoms with E-state index in [-0.39, 0.29) is 17.6 Å². The molecule has 0 spiro atoms. The Bertz CT molecular complexity index is 743. The van der Waals surface area contributed by atoms with Crippen molar-refractivity contribution in [3.8, 4) is 5.75 Å². The monoisotopic (exact) mass is 337 g/mol. The van der Waals surface area contributed by atoms with Gasteiger partial charge in [0.1, 0.15) is 11.7 Å². The second kappa shape index (κ2) is 7.19. The number of benzene rings is 2. The topological polar surface area (TPSA) is 46.6 Å². The summed E-state index contributed by atoms with van der Waals surface area (Å²) in [5.74, 6) is -0.0817. The van der Waals surface area contributed by atoms with E-state index in [9.17, 15) is 9.59 Å². The Balaban J connectivity index is 2.06. The molecule has 0 aromatic heterocycles. The zero-order valence-electron chi connectivity index (χ0n) is 14.9. The molecule has 0 heterocycles. The van der Waals surface area contributed by atoms with Gasteiger partial charge in [0.25, 0.3) is 0 Å². The summed E-state index contributed by atoms with van der Waals surface area (Å²) in [5, 5.41) is 0. The standard InChI is InChI=1S/C21H23NO3/c1-4-22(5-2)19(14-10-12-15(25-3)13-11-14)18-20(23)16-8-6-7-9-17(16)21(18)24/h6-13,18-19H,4-5H2,1-3H3. The number of ether oxygens (including phenoxy) is 1. The van der Waals surface area contributed by atoms with Crippen molar-refractivity contribution in [2.24, 2.45) is 5.92 Å². The Morgan fingerprint density at radius 2 is 1.44 bits per heavy atom. The van der Waals surface area contributed by atoms with Crippen LogP contribution in [0.1, 0.15) is 46.2 Å². The Morgan fingerprint density at radius 3 is 1.88 bits per heavy atom. The molecule has 25 heavy (non-hydrogen) atoms. The van der Waals surface area contributed by atoms with Crippen LogP contribution in [-0.4, -0.2) is 36.7 Å². The summed E-state index contributed by atoms with van der Waals surface area (Å²) in [6.45, 7) is 5.63. The van der Waals surface area contributed by atoms with E-state index in [0.717, 1.165) is 24.4 Å². The maximum atomic E-state index is 13.0. The first-order chi connectivity index (χ1) is 12.1. The highest BCUT2D eigenvalue weighted by atomic mass is 16.5. The molecule has 1 unspecified atom stereocenters. The fraction of sp³-hybridized carbons (Fsp3) is 0.333. The minimum Gasteiger partial charge on any atom is -0.497 e. The van der Waals surface area contributed by atoms with Crippen molar-refractivity contribution in [3.05, 3.63) is 65.2 Å². The summed E-state index contributed by atoms with van der Waals surface area (Å²) in [6, 6.07) is 14.5. The van der Waals surface area contributed by atoms with E-state index in [1.807, 2.05) is 36.4 Å². The molecule has 0 N–H and O–H groups in total. The molecule has 0 saturated heterocycles. The number of hydrogen-bond donors (Lipinski definition) is 0. The van der Waals surface area contributed by atoms with Crippen molar-refractivity contribution in [3.63, 3.8) is 0 Å². The summed E-state index contributed by atoms with van der Waals surface area (Å²) < 4.78 is 5.23. The second-order valence-electron chi connectivity index (χ2n) is 6.19. The number of Topliss-reactive ketones (excluding diaryl/α,β-unsaturated/α-hetero) is 2. The van der Waals surface area contributed by atoms with Gasteiger partial charge in [-0.05, 0) is 30.8 Å². The first kappa shape index (κ1) is 17.4. The zero-order valence-corrected chi connectivity index (χ0v) is 14.9. The number of hydrogen-bond acceptors (Lipinski definition) is 4. The lowest BCUT2D eigenvalue weighted by molar-refractivity contribution is 0.0702. The zero-order chi connectivity index (χ0) is 18.0. The molecule has 0 radical (unpaired) electrons. The number of methoxy groups -OCH3 is 1. The Labute approximate surface area is 148 Å². The normalized spacial score (nSPS) is 15.5. The van der Waals surface area contributed by atoms with Crippen LogP contribution in [-0.2, 0) is 0 Å². The summed E-state index contributed by atoms with van der Waals surface area (Å²) in [4.78, 5) is 28.2. The lowest BCUT2D eigenvalue weighted by atomic mass is 9.87. The molecule has 4 nitrogen and oxygen atoms in total. The van der Waals surface area contributed by atoms with Gasteiger partial charge >= 0.3 is 0 Å². The van der Waals surface area contributed by atoms with Gasteiger partial charge in [-0.3, -0.25) is 14.5 Å². The third-order valence-corrected chi connectivity index (χ3v) is 5.00. The molecule has 0 saturated carbocycles. The highest BCUT2D eigenvalue weighted by molar-refractivity contribution is 6.26. The van der Waals surface area contributed by atoms with E-state index >= 15 is 0 Å². The molecular formula is C21H23NO3. The van der Waals surface area contributed by atoms with Gasteiger partial charge in [0.2, 0.25) is 0 Å². The average molecular weight is 337 g/mol. The summed E-state index contributed by atoms with van der Waals surface area (Å²) in [7, 11) is 1.62. The molecule has 1 aliphatic rings. The first-order valence-corrected chi connectivity index (χ1v) is 8.67. The first-order valence-electron chi connectivity index (χ1n) is 8.67. The van der Waals surface area contributed by atoms with E-state index in [0.29, 0.717) is 11.1 Å². The number of nitrogens with zero attached hydrogens (tertiary/aromatic N) is 1. The molecule has 2 aromatic rings. The molecule has 4 heteroatoms. The van der Waals surface area contributed by atoms with E-state index in [1.54, 1.807) is 19.2 Å². The molecular weight excluding hydrogens is 314 g/mol. The van der Waals surface area contributed by atoms with Gasteiger partial charge in [0.15, 0.2) is 11.6 Å². The van der Waals surface area contributed by atoms with Crippen LogP contribution >= 0.6 is 0 Å². The van der Waals surface area contributed by atoms with E-state index < -0.39 is 5.92 Å². The molecule has 0 fully saturated rings. The van der Waals surface area contributed by atoms with Crippen LogP contribution in [0.5, 0.6) is 5.75 Å². The summed E-state index contributed by atoms with van der Waals surface area (Å²) in [5.41, 5.74) is 2.05. The number of carbonyl (C=O) groups is 2.